The van der Waals surface area contributed by atoms with Crippen LogP contribution in [0.5, 0.6) is 0 Å². The van der Waals surface area contributed by atoms with E-state index in [1.807, 2.05) is 36.7 Å². The summed E-state index contributed by atoms with van der Waals surface area (Å²) in [7, 11) is 0. The molecule has 0 spiro atoms. The van der Waals surface area contributed by atoms with Crippen molar-refractivity contribution in [2.24, 2.45) is 0 Å². The molecule has 1 aromatic heterocycles. The van der Waals surface area contributed by atoms with Crippen molar-refractivity contribution in [2.45, 2.75) is 40.3 Å². The molecule has 108 valence electrons. The van der Waals surface area contributed by atoms with Gasteiger partial charge in [-0.3, -0.25) is 0 Å². The predicted octanol–water partition coefficient (Wildman–Crippen LogP) is 4.29. The lowest BCUT2D eigenvalue weighted by atomic mass is 10.1. The first-order valence-electron chi connectivity index (χ1n) is 6.64. The average Bonchev–Trinajstić information content (AvgIpc) is 2.64. The maximum Gasteiger partial charge on any atom is 0.0848 e. The molecule has 5 heteroatoms. The fourth-order valence-electron chi connectivity index (χ4n) is 2.09. The monoisotopic (exact) mass is 311 g/mol. The van der Waals surface area contributed by atoms with Gasteiger partial charge in [0.2, 0.25) is 0 Å². The van der Waals surface area contributed by atoms with E-state index in [1.165, 1.54) is 0 Å². The molecule has 0 unspecified atom stereocenters. The summed E-state index contributed by atoms with van der Waals surface area (Å²) in [4.78, 5) is 0. The first-order chi connectivity index (χ1) is 9.41. The smallest absolute Gasteiger partial charge is 0.0848 e. The van der Waals surface area contributed by atoms with Crippen molar-refractivity contribution >= 4 is 23.2 Å². The standard InChI is InChI=1S/C15H19Cl2N3/c1-9(2)18-8-12-13(16)6-5-7-14(12)20-11(4)15(17)10(3)19-20/h5-7,9,18H,8H2,1-4H3. The van der Waals surface area contributed by atoms with Gasteiger partial charge >= 0.3 is 0 Å². The molecule has 3 nitrogen and oxygen atoms in total. The summed E-state index contributed by atoms with van der Waals surface area (Å²) in [5.41, 5.74) is 3.76. The quantitative estimate of drug-likeness (QED) is 0.912. The first kappa shape index (κ1) is 15.4. The van der Waals surface area contributed by atoms with Crippen LogP contribution in [0.15, 0.2) is 18.2 Å². The second-order valence-corrected chi connectivity index (χ2v) is 5.95. The summed E-state index contributed by atoms with van der Waals surface area (Å²) in [6.07, 6.45) is 0. The average molecular weight is 312 g/mol. The van der Waals surface area contributed by atoms with Crippen LogP contribution in [0.1, 0.15) is 30.8 Å². The molecule has 0 fully saturated rings. The van der Waals surface area contributed by atoms with Gasteiger partial charge in [-0.25, -0.2) is 4.68 Å². The van der Waals surface area contributed by atoms with Crippen molar-refractivity contribution in [3.63, 3.8) is 0 Å². The van der Waals surface area contributed by atoms with E-state index in [0.717, 1.165) is 27.7 Å². The number of rotatable bonds is 4. The molecule has 0 saturated heterocycles. The van der Waals surface area contributed by atoms with E-state index in [9.17, 15) is 0 Å². The Kier molecular flexibility index (Phi) is 4.74. The van der Waals surface area contributed by atoms with Gasteiger partial charge < -0.3 is 5.32 Å². The van der Waals surface area contributed by atoms with E-state index in [2.05, 4.69) is 24.3 Å². The van der Waals surface area contributed by atoms with E-state index >= 15 is 0 Å². The van der Waals surface area contributed by atoms with Crippen LogP contribution in [0.4, 0.5) is 0 Å². The van der Waals surface area contributed by atoms with Crippen LogP contribution in [0.25, 0.3) is 5.69 Å². The Hall–Kier alpha value is -1.03. The summed E-state index contributed by atoms with van der Waals surface area (Å²) >= 11 is 12.6. The number of nitrogens with one attached hydrogen (secondary N) is 1. The highest BCUT2D eigenvalue weighted by atomic mass is 35.5. The molecule has 0 bridgehead atoms. The zero-order valence-corrected chi connectivity index (χ0v) is 13.7. The molecule has 0 radical (unpaired) electrons. The van der Waals surface area contributed by atoms with Crippen LogP contribution < -0.4 is 5.32 Å². The van der Waals surface area contributed by atoms with Crippen molar-refractivity contribution in [1.82, 2.24) is 15.1 Å². The van der Waals surface area contributed by atoms with Crippen LogP contribution in [0.3, 0.4) is 0 Å². The van der Waals surface area contributed by atoms with Crippen LogP contribution in [0, 0.1) is 13.8 Å². The van der Waals surface area contributed by atoms with E-state index in [1.54, 1.807) is 0 Å². The van der Waals surface area contributed by atoms with Gasteiger partial charge in [-0.05, 0) is 26.0 Å². The molecule has 0 amide bonds. The zero-order chi connectivity index (χ0) is 14.9. The third kappa shape index (κ3) is 3.00. The van der Waals surface area contributed by atoms with Gasteiger partial charge in [0.05, 0.1) is 22.1 Å². The van der Waals surface area contributed by atoms with Crippen molar-refractivity contribution in [3.8, 4) is 5.69 Å². The SMILES string of the molecule is Cc1nn(-c2cccc(Cl)c2CNC(C)C)c(C)c1Cl. The van der Waals surface area contributed by atoms with E-state index in [0.29, 0.717) is 17.6 Å². The lowest BCUT2D eigenvalue weighted by molar-refractivity contribution is 0.586. The van der Waals surface area contributed by atoms with Gasteiger partial charge in [-0.2, -0.15) is 5.10 Å². The van der Waals surface area contributed by atoms with Gasteiger partial charge in [0, 0.05) is 23.2 Å². The minimum absolute atomic E-state index is 0.392. The van der Waals surface area contributed by atoms with Gasteiger partial charge in [0.1, 0.15) is 0 Å². The lowest BCUT2D eigenvalue weighted by Crippen LogP contribution is -2.23. The topological polar surface area (TPSA) is 29.9 Å². The van der Waals surface area contributed by atoms with Crippen molar-refractivity contribution in [1.29, 1.82) is 0 Å². The molecule has 2 aromatic rings. The van der Waals surface area contributed by atoms with Gasteiger partial charge in [0.25, 0.3) is 0 Å². The molecule has 0 aliphatic heterocycles. The Labute approximate surface area is 129 Å². The number of nitrogens with zero attached hydrogens (tertiary/aromatic N) is 2. The minimum Gasteiger partial charge on any atom is -0.310 e. The molecule has 2 rings (SSSR count). The highest BCUT2D eigenvalue weighted by molar-refractivity contribution is 6.32. The molecular weight excluding hydrogens is 293 g/mol. The van der Waals surface area contributed by atoms with E-state index in [4.69, 9.17) is 23.2 Å². The second-order valence-electron chi connectivity index (χ2n) is 5.17. The van der Waals surface area contributed by atoms with Crippen LogP contribution in [0.2, 0.25) is 10.0 Å². The Morgan fingerprint density at radius 1 is 1.25 bits per heavy atom. The molecule has 1 heterocycles. The molecule has 0 saturated carbocycles. The number of aromatic nitrogens is 2. The van der Waals surface area contributed by atoms with Crippen molar-refractivity contribution in [2.75, 3.05) is 0 Å². The summed E-state index contributed by atoms with van der Waals surface area (Å²) < 4.78 is 1.86. The highest BCUT2D eigenvalue weighted by Gasteiger charge is 2.15. The van der Waals surface area contributed by atoms with Gasteiger partial charge in [-0.1, -0.05) is 43.1 Å². The minimum atomic E-state index is 0.392. The Bertz CT molecular complexity index is 618. The van der Waals surface area contributed by atoms with Crippen LogP contribution in [-0.4, -0.2) is 15.8 Å². The number of hydrogen-bond acceptors (Lipinski definition) is 2. The van der Waals surface area contributed by atoms with Gasteiger partial charge in [-0.15, -0.1) is 0 Å². The molecule has 0 atom stereocenters. The number of halogens is 2. The maximum absolute atomic E-state index is 6.35. The Balaban J connectivity index is 2.50. The molecule has 1 N–H and O–H groups in total. The van der Waals surface area contributed by atoms with Gasteiger partial charge in [0.15, 0.2) is 0 Å². The summed E-state index contributed by atoms with van der Waals surface area (Å²) in [5.74, 6) is 0. The number of aryl methyl sites for hydroxylation is 1. The predicted molar refractivity (Wildman–Crippen MR) is 85.0 cm³/mol. The third-order valence-corrected chi connectivity index (χ3v) is 4.11. The molecule has 1 aromatic carbocycles. The third-order valence-electron chi connectivity index (χ3n) is 3.21. The Morgan fingerprint density at radius 2 is 1.95 bits per heavy atom. The fraction of sp³-hybridized carbons (Fsp3) is 0.400. The van der Waals surface area contributed by atoms with E-state index < -0.39 is 0 Å². The van der Waals surface area contributed by atoms with Crippen molar-refractivity contribution < 1.29 is 0 Å². The molecule has 0 aliphatic carbocycles. The normalized spacial score (nSPS) is 11.3. The maximum atomic E-state index is 6.35. The largest absolute Gasteiger partial charge is 0.310 e. The van der Waals surface area contributed by atoms with Crippen molar-refractivity contribution in [3.05, 3.63) is 45.2 Å². The number of benzene rings is 1. The molecule has 0 aliphatic rings. The van der Waals surface area contributed by atoms with Crippen LogP contribution in [-0.2, 0) is 6.54 Å². The summed E-state index contributed by atoms with van der Waals surface area (Å²) in [5, 5.41) is 9.34. The summed E-state index contributed by atoms with van der Waals surface area (Å²) in [6, 6.07) is 6.23. The fourth-order valence-corrected chi connectivity index (χ4v) is 2.44. The molecular formula is C15H19Cl2N3. The van der Waals surface area contributed by atoms with Crippen LogP contribution >= 0.6 is 23.2 Å². The molecule has 20 heavy (non-hydrogen) atoms. The first-order valence-corrected chi connectivity index (χ1v) is 7.40. The lowest BCUT2D eigenvalue weighted by Gasteiger charge is -2.15. The highest BCUT2D eigenvalue weighted by Crippen LogP contribution is 2.27. The summed E-state index contributed by atoms with van der Waals surface area (Å²) in [6.45, 7) is 8.78. The number of hydrogen-bond donors (Lipinski definition) is 1. The Morgan fingerprint density at radius 3 is 2.50 bits per heavy atom. The van der Waals surface area contributed by atoms with E-state index in [-0.39, 0.29) is 0 Å². The second kappa shape index (κ2) is 6.17. The zero-order valence-electron chi connectivity index (χ0n) is 12.2.